The minimum atomic E-state index is -0.0448. The lowest BCUT2D eigenvalue weighted by molar-refractivity contribution is -0.118. The van der Waals surface area contributed by atoms with Crippen LogP contribution in [0, 0.1) is 0 Å². The number of amides is 1. The zero-order valence-electron chi connectivity index (χ0n) is 17.3. The summed E-state index contributed by atoms with van der Waals surface area (Å²) in [6.07, 6.45) is 4.15. The van der Waals surface area contributed by atoms with E-state index in [9.17, 15) is 4.79 Å². The molecule has 1 amide bonds. The molecule has 3 rings (SSSR count). The predicted octanol–water partition coefficient (Wildman–Crippen LogP) is 2.83. The zero-order chi connectivity index (χ0) is 21.3. The number of hydrogen-bond donors (Lipinski definition) is 1. The Balaban J connectivity index is 1.51. The van der Waals surface area contributed by atoms with Crippen LogP contribution in [-0.2, 0) is 17.8 Å². The number of methoxy groups -OCH3 is 2. The lowest BCUT2D eigenvalue weighted by Crippen LogP contribution is -2.27. The largest absolute Gasteiger partial charge is 0.493 e. The minimum absolute atomic E-state index is 0.0448. The fourth-order valence-corrected chi connectivity index (χ4v) is 3.79. The Labute approximate surface area is 180 Å². The van der Waals surface area contributed by atoms with Gasteiger partial charge in [0, 0.05) is 31.0 Å². The van der Waals surface area contributed by atoms with Gasteiger partial charge in [-0.3, -0.25) is 9.78 Å². The summed E-state index contributed by atoms with van der Waals surface area (Å²) in [5, 5.41) is 12.2. The van der Waals surface area contributed by atoms with Gasteiger partial charge in [-0.2, -0.15) is 0 Å². The molecule has 0 aliphatic heterocycles. The third kappa shape index (κ3) is 5.29. The van der Waals surface area contributed by atoms with Crippen LogP contribution in [0.2, 0.25) is 0 Å². The molecule has 0 spiro atoms. The fourth-order valence-electron chi connectivity index (χ4n) is 2.96. The molecule has 2 heterocycles. The number of carbonyl (C=O) groups is 1. The maximum Gasteiger partial charge on any atom is 0.230 e. The summed E-state index contributed by atoms with van der Waals surface area (Å²) >= 11 is 1.38. The average molecular weight is 428 g/mol. The Morgan fingerprint density at radius 3 is 2.57 bits per heavy atom. The topological polar surface area (TPSA) is 91.2 Å². The number of nitrogens with one attached hydrogen (secondary N) is 1. The molecule has 0 aliphatic carbocycles. The van der Waals surface area contributed by atoms with Crippen molar-refractivity contribution in [1.29, 1.82) is 0 Å². The molecule has 8 nitrogen and oxygen atoms in total. The quantitative estimate of drug-likeness (QED) is 0.498. The van der Waals surface area contributed by atoms with E-state index in [-0.39, 0.29) is 11.7 Å². The van der Waals surface area contributed by atoms with Crippen LogP contribution in [0.4, 0.5) is 0 Å². The van der Waals surface area contributed by atoms with Crippen molar-refractivity contribution in [3.8, 4) is 22.9 Å². The molecule has 0 fully saturated rings. The molecule has 30 heavy (non-hydrogen) atoms. The number of rotatable bonds is 10. The molecule has 0 aliphatic rings. The number of thioether (sulfide) groups is 1. The molecule has 0 saturated heterocycles. The maximum absolute atomic E-state index is 12.3. The van der Waals surface area contributed by atoms with E-state index < -0.39 is 0 Å². The molecule has 158 valence electrons. The number of aromatic nitrogens is 4. The zero-order valence-corrected chi connectivity index (χ0v) is 18.1. The fraction of sp³-hybridized carbons (Fsp3) is 0.333. The van der Waals surface area contributed by atoms with E-state index in [2.05, 4.69) is 20.5 Å². The number of nitrogens with zero attached hydrogens (tertiary/aromatic N) is 4. The molecule has 0 radical (unpaired) electrons. The van der Waals surface area contributed by atoms with Crippen molar-refractivity contribution in [3.63, 3.8) is 0 Å². The van der Waals surface area contributed by atoms with Gasteiger partial charge in [0.05, 0.1) is 20.0 Å². The summed E-state index contributed by atoms with van der Waals surface area (Å²) in [5.41, 5.74) is 2.01. The van der Waals surface area contributed by atoms with Gasteiger partial charge >= 0.3 is 0 Å². The molecule has 9 heteroatoms. The van der Waals surface area contributed by atoms with Gasteiger partial charge in [0.1, 0.15) is 0 Å². The maximum atomic E-state index is 12.3. The highest BCUT2D eigenvalue weighted by Crippen LogP contribution is 2.27. The smallest absolute Gasteiger partial charge is 0.230 e. The van der Waals surface area contributed by atoms with Crippen molar-refractivity contribution in [2.45, 2.75) is 25.0 Å². The van der Waals surface area contributed by atoms with Gasteiger partial charge in [0.25, 0.3) is 0 Å². The van der Waals surface area contributed by atoms with E-state index in [4.69, 9.17) is 9.47 Å². The minimum Gasteiger partial charge on any atom is -0.493 e. The summed E-state index contributed by atoms with van der Waals surface area (Å²) in [5.74, 6) is 2.38. The Morgan fingerprint density at radius 2 is 1.87 bits per heavy atom. The monoisotopic (exact) mass is 427 g/mol. The number of benzene rings is 1. The van der Waals surface area contributed by atoms with Gasteiger partial charge in [-0.1, -0.05) is 17.8 Å². The lowest BCUT2D eigenvalue weighted by Gasteiger charge is -2.10. The summed E-state index contributed by atoms with van der Waals surface area (Å²) in [6, 6.07) is 9.54. The molecule has 1 N–H and O–H groups in total. The third-order valence-electron chi connectivity index (χ3n) is 4.49. The van der Waals surface area contributed by atoms with E-state index in [1.807, 2.05) is 41.8 Å². The summed E-state index contributed by atoms with van der Waals surface area (Å²) in [6.45, 7) is 3.28. The Morgan fingerprint density at radius 1 is 1.10 bits per heavy atom. The molecule has 0 unspecified atom stereocenters. The Hall–Kier alpha value is -3.07. The van der Waals surface area contributed by atoms with Gasteiger partial charge in [0.2, 0.25) is 5.91 Å². The molecular formula is C21H25N5O3S. The highest BCUT2D eigenvalue weighted by Gasteiger charge is 2.14. The van der Waals surface area contributed by atoms with Crippen molar-refractivity contribution < 1.29 is 14.3 Å². The van der Waals surface area contributed by atoms with Gasteiger partial charge in [0.15, 0.2) is 22.5 Å². The van der Waals surface area contributed by atoms with E-state index in [0.29, 0.717) is 31.0 Å². The second kappa shape index (κ2) is 10.6. The van der Waals surface area contributed by atoms with Crippen molar-refractivity contribution in [2.24, 2.45) is 0 Å². The van der Waals surface area contributed by atoms with Crippen molar-refractivity contribution in [1.82, 2.24) is 25.1 Å². The van der Waals surface area contributed by atoms with Crippen LogP contribution < -0.4 is 14.8 Å². The first-order chi connectivity index (χ1) is 14.7. The van der Waals surface area contributed by atoms with Gasteiger partial charge in [-0.25, -0.2) is 0 Å². The van der Waals surface area contributed by atoms with Crippen molar-refractivity contribution >= 4 is 17.7 Å². The Bertz CT molecular complexity index is 978. The predicted molar refractivity (Wildman–Crippen MR) is 116 cm³/mol. The van der Waals surface area contributed by atoms with Crippen LogP contribution in [0.3, 0.4) is 0 Å². The van der Waals surface area contributed by atoms with Crippen LogP contribution in [0.25, 0.3) is 11.4 Å². The molecular weight excluding hydrogens is 402 g/mol. The number of ether oxygens (including phenoxy) is 2. The molecule has 3 aromatic rings. The number of hydrogen-bond acceptors (Lipinski definition) is 7. The molecule has 0 bridgehead atoms. The second-order valence-corrected chi connectivity index (χ2v) is 7.31. The average Bonchev–Trinajstić information content (AvgIpc) is 3.21. The van der Waals surface area contributed by atoms with E-state index in [1.165, 1.54) is 11.8 Å². The third-order valence-corrected chi connectivity index (χ3v) is 5.45. The molecule has 1 aromatic carbocycles. The summed E-state index contributed by atoms with van der Waals surface area (Å²) < 4.78 is 12.6. The standard InChI is InChI=1S/C21H25N5O3S/c1-4-26-20(16-8-10-22-11-9-16)24-25-21(26)30-14-19(27)23-12-7-15-5-6-17(28-2)18(13-15)29-3/h5-6,8-11,13H,4,7,12,14H2,1-3H3,(H,23,27). The van der Waals surface area contributed by atoms with Crippen molar-refractivity contribution in [2.75, 3.05) is 26.5 Å². The highest BCUT2D eigenvalue weighted by atomic mass is 32.2. The van der Waals surface area contributed by atoms with Gasteiger partial charge in [-0.15, -0.1) is 10.2 Å². The van der Waals surface area contributed by atoms with Crippen LogP contribution in [0.5, 0.6) is 11.5 Å². The second-order valence-electron chi connectivity index (χ2n) is 6.36. The summed E-state index contributed by atoms with van der Waals surface area (Å²) in [4.78, 5) is 16.3. The normalized spacial score (nSPS) is 10.6. The molecule has 0 saturated carbocycles. The van der Waals surface area contributed by atoms with Crippen molar-refractivity contribution in [3.05, 3.63) is 48.3 Å². The number of carbonyl (C=O) groups excluding carboxylic acids is 1. The van der Waals surface area contributed by atoms with Gasteiger partial charge < -0.3 is 19.4 Å². The highest BCUT2D eigenvalue weighted by molar-refractivity contribution is 7.99. The molecule has 0 atom stereocenters. The first-order valence-corrected chi connectivity index (χ1v) is 10.6. The first-order valence-electron chi connectivity index (χ1n) is 9.60. The van der Waals surface area contributed by atoms with Crippen LogP contribution >= 0.6 is 11.8 Å². The van der Waals surface area contributed by atoms with E-state index >= 15 is 0 Å². The molecule has 2 aromatic heterocycles. The Kier molecular flexibility index (Phi) is 7.67. The number of pyridine rings is 1. The van der Waals surface area contributed by atoms with Gasteiger partial charge in [-0.05, 0) is 43.2 Å². The van der Waals surface area contributed by atoms with E-state index in [1.54, 1.807) is 26.6 Å². The van der Waals surface area contributed by atoms with Crippen LogP contribution in [-0.4, -0.2) is 52.2 Å². The first kappa shape index (κ1) is 21.6. The van der Waals surface area contributed by atoms with E-state index in [0.717, 1.165) is 22.1 Å². The SMILES string of the molecule is CCn1c(SCC(=O)NCCc2ccc(OC)c(OC)c2)nnc1-c1ccncc1. The lowest BCUT2D eigenvalue weighted by atomic mass is 10.1. The van der Waals surface area contributed by atoms with Crippen LogP contribution in [0.15, 0.2) is 47.9 Å². The summed E-state index contributed by atoms with van der Waals surface area (Å²) in [7, 11) is 3.21. The van der Waals surface area contributed by atoms with Crippen LogP contribution in [0.1, 0.15) is 12.5 Å².